The van der Waals surface area contributed by atoms with Crippen molar-refractivity contribution in [2.75, 3.05) is 25.6 Å². The molecular weight excluding hydrogens is 532 g/mol. The maximum absolute atomic E-state index is 14.0. The highest BCUT2D eigenvalue weighted by Crippen LogP contribution is 2.41. The van der Waals surface area contributed by atoms with E-state index < -0.39 is 11.3 Å². The van der Waals surface area contributed by atoms with Gasteiger partial charge in [0, 0.05) is 41.2 Å². The van der Waals surface area contributed by atoms with Crippen molar-refractivity contribution in [3.05, 3.63) is 106 Å². The first kappa shape index (κ1) is 31.0. The summed E-state index contributed by atoms with van der Waals surface area (Å²) in [5.41, 5.74) is 2.34. The molecule has 0 amide bonds. The van der Waals surface area contributed by atoms with Crippen LogP contribution in [-0.4, -0.2) is 20.3 Å². The highest BCUT2D eigenvalue weighted by atomic mass is 35.5. The van der Waals surface area contributed by atoms with Gasteiger partial charge in [0.05, 0.1) is 13.2 Å². The lowest BCUT2D eigenvalue weighted by Gasteiger charge is -2.38. The molecule has 0 spiro atoms. The Hall–Kier alpha value is -2.53. The van der Waals surface area contributed by atoms with E-state index in [9.17, 15) is 4.39 Å². The second kappa shape index (κ2) is 14.7. The van der Waals surface area contributed by atoms with Crippen molar-refractivity contribution in [3.63, 3.8) is 0 Å². The fraction of sp³-hybridized carbons (Fsp3) is 0.394. The zero-order valence-electron chi connectivity index (χ0n) is 23.4. The number of anilines is 1. The van der Waals surface area contributed by atoms with Crippen LogP contribution in [0.4, 0.5) is 10.1 Å². The molecular formula is C33H40Cl2FNO2. The molecule has 0 aromatic heterocycles. The van der Waals surface area contributed by atoms with Crippen LogP contribution in [0.15, 0.2) is 78.9 Å². The summed E-state index contributed by atoms with van der Waals surface area (Å²) >= 11 is 12.5. The van der Waals surface area contributed by atoms with Crippen molar-refractivity contribution >= 4 is 28.9 Å². The van der Waals surface area contributed by atoms with Crippen molar-refractivity contribution in [2.24, 2.45) is 0 Å². The average molecular weight is 573 g/mol. The lowest BCUT2D eigenvalue weighted by atomic mass is 9.86. The van der Waals surface area contributed by atoms with Gasteiger partial charge >= 0.3 is 0 Å². The van der Waals surface area contributed by atoms with Crippen LogP contribution < -0.4 is 10.1 Å². The molecule has 1 fully saturated rings. The third kappa shape index (κ3) is 8.73. The summed E-state index contributed by atoms with van der Waals surface area (Å²) in [4.78, 5) is 0. The molecule has 1 aliphatic heterocycles. The number of hydrogen-bond donors (Lipinski definition) is 1. The van der Waals surface area contributed by atoms with Crippen LogP contribution in [0, 0.1) is 0 Å². The van der Waals surface area contributed by atoms with Gasteiger partial charge in [-0.25, -0.2) is 4.39 Å². The Kier molecular flexibility index (Phi) is 11.7. The highest BCUT2D eigenvalue weighted by Gasteiger charge is 2.38. The fourth-order valence-corrected chi connectivity index (χ4v) is 5.06. The van der Waals surface area contributed by atoms with Gasteiger partial charge in [0.15, 0.2) is 0 Å². The molecule has 3 aromatic carbocycles. The maximum atomic E-state index is 14.0. The molecule has 4 rings (SSSR count). The first-order valence-corrected chi connectivity index (χ1v) is 14.4. The summed E-state index contributed by atoms with van der Waals surface area (Å²) in [6, 6.07) is 21.3. The molecule has 1 atom stereocenters. The minimum atomic E-state index is -1.20. The number of ether oxygens (including phenoxy) is 2. The first-order valence-electron chi connectivity index (χ1n) is 13.7. The van der Waals surface area contributed by atoms with E-state index in [1.807, 2.05) is 74.6 Å². The standard InChI is InChI=1S/C18H19Cl2NO2.C15H21F/c1-21-14-3-5-15(6-4-14)23-18(8-10-22-11-9-18)16-7-2-13(19)12-17(16)20;1-4-6-7-8-13-9-11-14(12-10-13)15(3,16)5-2/h2-7,12,21H,8-11H2,1H3;6-7,9-12H,4-5,8H2,1-3H3/b;7-6+. The maximum Gasteiger partial charge on any atom is 0.140 e. The Balaban J connectivity index is 0.000000231. The number of halogens is 3. The number of allylic oxidation sites excluding steroid dienone is 2. The molecule has 210 valence electrons. The van der Waals surface area contributed by atoms with Crippen LogP contribution in [0.1, 0.15) is 63.1 Å². The fourth-order valence-electron chi connectivity index (χ4n) is 4.48. The molecule has 3 nitrogen and oxygen atoms in total. The van der Waals surface area contributed by atoms with Crippen molar-refractivity contribution in [2.45, 2.75) is 64.1 Å². The smallest absolute Gasteiger partial charge is 0.140 e. The molecule has 1 unspecified atom stereocenters. The molecule has 0 radical (unpaired) electrons. The second-order valence-corrected chi connectivity index (χ2v) is 10.8. The Morgan fingerprint density at radius 1 is 0.974 bits per heavy atom. The van der Waals surface area contributed by atoms with E-state index in [-0.39, 0.29) is 0 Å². The third-order valence-electron chi connectivity index (χ3n) is 7.15. The number of alkyl halides is 1. The number of nitrogens with one attached hydrogen (secondary N) is 1. The van der Waals surface area contributed by atoms with Crippen LogP contribution in [-0.2, 0) is 22.4 Å². The van der Waals surface area contributed by atoms with Crippen LogP contribution in [0.3, 0.4) is 0 Å². The molecule has 6 heteroatoms. The SMILES string of the molecule is CC/C=C/Cc1ccc(C(C)(F)CC)cc1.CNc1ccc(OC2(c3ccc(Cl)cc3Cl)CCOCC2)cc1. The molecule has 39 heavy (non-hydrogen) atoms. The predicted molar refractivity (Wildman–Crippen MR) is 163 cm³/mol. The minimum absolute atomic E-state index is 0.485. The second-order valence-electron chi connectivity index (χ2n) is 9.94. The number of rotatable bonds is 9. The van der Waals surface area contributed by atoms with Gasteiger partial charge in [-0.15, -0.1) is 0 Å². The van der Waals surface area contributed by atoms with E-state index in [2.05, 4.69) is 24.4 Å². The van der Waals surface area contributed by atoms with E-state index in [1.54, 1.807) is 13.0 Å². The van der Waals surface area contributed by atoms with Gasteiger partial charge in [0.1, 0.15) is 17.0 Å². The van der Waals surface area contributed by atoms with Gasteiger partial charge in [-0.2, -0.15) is 0 Å². The summed E-state index contributed by atoms with van der Waals surface area (Å²) in [6.07, 6.45) is 8.33. The molecule has 3 aromatic rings. The zero-order chi connectivity index (χ0) is 28.3. The van der Waals surface area contributed by atoms with Gasteiger partial charge in [-0.3, -0.25) is 0 Å². The Labute approximate surface area is 243 Å². The topological polar surface area (TPSA) is 30.5 Å². The summed E-state index contributed by atoms with van der Waals surface area (Å²) in [6.45, 7) is 6.92. The predicted octanol–water partition coefficient (Wildman–Crippen LogP) is 9.91. The Morgan fingerprint density at radius 2 is 1.64 bits per heavy atom. The summed E-state index contributed by atoms with van der Waals surface area (Å²) in [7, 11) is 1.89. The molecule has 1 heterocycles. The molecule has 1 saturated heterocycles. The first-order chi connectivity index (χ1) is 18.7. The zero-order valence-corrected chi connectivity index (χ0v) is 24.9. The molecule has 1 aliphatic rings. The van der Waals surface area contributed by atoms with E-state index >= 15 is 0 Å². The Morgan fingerprint density at radius 3 is 2.21 bits per heavy atom. The molecule has 0 bridgehead atoms. The highest BCUT2D eigenvalue weighted by molar-refractivity contribution is 6.35. The summed E-state index contributed by atoms with van der Waals surface area (Å²) in [5.74, 6) is 0.817. The van der Waals surface area contributed by atoms with E-state index in [1.165, 1.54) is 5.56 Å². The monoisotopic (exact) mass is 571 g/mol. The van der Waals surface area contributed by atoms with Gasteiger partial charge < -0.3 is 14.8 Å². The minimum Gasteiger partial charge on any atom is -0.482 e. The quantitative estimate of drug-likeness (QED) is 0.259. The average Bonchev–Trinajstić information content (AvgIpc) is 2.95. The van der Waals surface area contributed by atoms with E-state index in [0.717, 1.165) is 48.2 Å². The lowest BCUT2D eigenvalue weighted by molar-refractivity contribution is -0.0500. The van der Waals surface area contributed by atoms with E-state index in [4.69, 9.17) is 32.7 Å². The number of benzene rings is 3. The largest absolute Gasteiger partial charge is 0.482 e. The lowest BCUT2D eigenvalue weighted by Crippen LogP contribution is -2.39. The van der Waals surface area contributed by atoms with Crippen LogP contribution in [0.25, 0.3) is 0 Å². The molecule has 0 saturated carbocycles. The normalized spacial score (nSPS) is 16.2. The molecule has 0 aliphatic carbocycles. The Bertz CT molecular complexity index is 1190. The van der Waals surface area contributed by atoms with Crippen molar-refractivity contribution in [1.82, 2.24) is 0 Å². The van der Waals surface area contributed by atoms with Gasteiger partial charge in [0.2, 0.25) is 0 Å². The van der Waals surface area contributed by atoms with Crippen LogP contribution >= 0.6 is 23.2 Å². The van der Waals surface area contributed by atoms with Crippen molar-refractivity contribution in [1.29, 1.82) is 0 Å². The number of hydrogen-bond acceptors (Lipinski definition) is 3. The third-order valence-corrected chi connectivity index (χ3v) is 7.70. The summed E-state index contributed by atoms with van der Waals surface area (Å²) in [5, 5.41) is 4.36. The van der Waals surface area contributed by atoms with Crippen molar-refractivity contribution in [3.8, 4) is 5.75 Å². The van der Waals surface area contributed by atoms with Gasteiger partial charge in [0.25, 0.3) is 0 Å². The van der Waals surface area contributed by atoms with Crippen LogP contribution in [0.2, 0.25) is 10.0 Å². The summed E-state index contributed by atoms with van der Waals surface area (Å²) < 4.78 is 25.9. The van der Waals surface area contributed by atoms with Crippen LogP contribution in [0.5, 0.6) is 5.75 Å². The van der Waals surface area contributed by atoms with Gasteiger partial charge in [-0.05, 0) is 73.7 Å². The van der Waals surface area contributed by atoms with Gasteiger partial charge in [-0.1, -0.05) is 79.5 Å². The van der Waals surface area contributed by atoms with Crippen molar-refractivity contribution < 1.29 is 13.9 Å². The molecule has 1 N–H and O–H groups in total. The van der Waals surface area contributed by atoms with E-state index in [0.29, 0.717) is 29.7 Å².